The van der Waals surface area contributed by atoms with E-state index in [2.05, 4.69) is 48.5 Å². The minimum absolute atomic E-state index is 0.0214. The minimum Gasteiger partial charge on any atom is -0.493 e. The number of hydrogen-bond acceptors (Lipinski definition) is 5. The number of fused-ring (bicyclic) bond motifs is 1. The van der Waals surface area contributed by atoms with E-state index in [-0.39, 0.29) is 30.4 Å². The van der Waals surface area contributed by atoms with E-state index in [1.807, 2.05) is 55.1 Å². The van der Waals surface area contributed by atoms with Gasteiger partial charge in [0.1, 0.15) is 0 Å². The van der Waals surface area contributed by atoms with Crippen LogP contribution >= 0.6 is 11.6 Å². The summed E-state index contributed by atoms with van der Waals surface area (Å²) in [5.74, 6) is 2.06. The second-order valence-electron chi connectivity index (χ2n) is 12.5. The number of hydrogen-bond donors (Lipinski definition) is 1. The first-order valence-corrected chi connectivity index (χ1v) is 16.6. The number of carbonyl (C=O) groups excluding carboxylic acids is 2. The van der Waals surface area contributed by atoms with Gasteiger partial charge in [-0.3, -0.25) is 9.59 Å². The largest absolute Gasteiger partial charge is 0.493 e. The van der Waals surface area contributed by atoms with Crippen molar-refractivity contribution in [2.75, 3.05) is 30.5 Å². The summed E-state index contributed by atoms with van der Waals surface area (Å²) in [6, 6.07) is 20.0. The molecule has 1 fully saturated rings. The molecular formula is C37H46ClN3O4. The van der Waals surface area contributed by atoms with Gasteiger partial charge >= 0.3 is 0 Å². The highest BCUT2D eigenvalue weighted by molar-refractivity contribution is 6.30. The number of amides is 2. The van der Waals surface area contributed by atoms with Crippen LogP contribution in [-0.4, -0.2) is 44.7 Å². The maximum absolute atomic E-state index is 13.9. The molecule has 0 bridgehead atoms. The Morgan fingerprint density at radius 1 is 1.02 bits per heavy atom. The lowest BCUT2D eigenvalue weighted by Gasteiger charge is -2.38. The summed E-state index contributed by atoms with van der Waals surface area (Å²) in [6.45, 7) is 6.99. The number of methoxy groups -OCH3 is 1. The van der Waals surface area contributed by atoms with Crippen molar-refractivity contribution in [3.63, 3.8) is 0 Å². The molecule has 1 saturated carbocycles. The quantitative estimate of drug-likeness (QED) is 0.235. The Morgan fingerprint density at radius 2 is 1.71 bits per heavy atom. The van der Waals surface area contributed by atoms with Crippen LogP contribution in [0.2, 0.25) is 5.02 Å². The molecule has 3 aromatic carbocycles. The number of rotatable bonds is 11. The van der Waals surface area contributed by atoms with E-state index in [1.54, 1.807) is 7.11 Å². The molecule has 2 amide bonds. The van der Waals surface area contributed by atoms with Gasteiger partial charge in [-0.25, -0.2) is 0 Å². The van der Waals surface area contributed by atoms with Crippen molar-refractivity contribution in [3.8, 4) is 11.5 Å². The van der Waals surface area contributed by atoms with Crippen LogP contribution < -0.4 is 24.6 Å². The van der Waals surface area contributed by atoms with Crippen LogP contribution in [0.25, 0.3) is 0 Å². The van der Waals surface area contributed by atoms with Crippen LogP contribution in [0.1, 0.15) is 82.0 Å². The third-order valence-corrected chi connectivity index (χ3v) is 9.56. The Bertz CT molecular complexity index is 1470. The standard InChI is InChI=1S/C37H46ClN3O4/c1-6-24(3)45-34-22-32-27(20-33(34)44-5)21-36(43)41(37(32)26-10-12-28(38)13-11-26)31-18-16-30(17-19-31)40(4)23-25-8-14-29(15-9-25)39-35(42)7-2/h10-13,16-20,22,24-25,29,37H,6-9,14-15,21,23H2,1-5H3,(H,39,42)/t24-,25-,29-,37-/m1/s1. The van der Waals surface area contributed by atoms with Gasteiger partial charge in [-0.05, 0) is 110 Å². The molecular weight excluding hydrogens is 586 g/mol. The van der Waals surface area contributed by atoms with Crippen molar-refractivity contribution in [3.05, 3.63) is 82.4 Å². The zero-order valence-electron chi connectivity index (χ0n) is 27.1. The first kappa shape index (κ1) is 32.7. The van der Waals surface area contributed by atoms with E-state index < -0.39 is 0 Å². The minimum atomic E-state index is -0.351. The first-order valence-electron chi connectivity index (χ1n) is 16.3. The monoisotopic (exact) mass is 631 g/mol. The molecule has 0 spiro atoms. The fourth-order valence-corrected chi connectivity index (χ4v) is 6.68. The van der Waals surface area contributed by atoms with Crippen LogP contribution in [0, 0.1) is 5.92 Å². The zero-order valence-corrected chi connectivity index (χ0v) is 27.9. The Morgan fingerprint density at radius 3 is 2.33 bits per heavy atom. The molecule has 0 aromatic heterocycles. The highest BCUT2D eigenvalue weighted by Crippen LogP contribution is 2.44. The van der Waals surface area contributed by atoms with Crippen molar-refractivity contribution < 1.29 is 19.1 Å². The van der Waals surface area contributed by atoms with Gasteiger partial charge in [0.15, 0.2) is 11.5 Å². The highest BCUT2D eigenvalue weighted by Gasteiger charge is 2.36. The molecule has 1 aliphatic heterocycles. The number of anilines is 2. The van der Waals surface area contributed by atoms with Gasteiger partial charge in [-0.15, -0.1) is 0 Å². The second-order valence-corrected chi connectivity index (χ2v) is 12.9. The van der Waals surface area contributed by atoms with Crippen LogP contribution in [0.3, 0.4) is 0 Å². The van der Waals surface area contributed by atoms with Gasteiger partial charge < -0.3 is 24.6 Å². The number of carbonyl (C=O) groups is 2. The maximum atomic E-state index is 13.9. The van der Waals surface area contributed by atoms with E-state index in [9.17, 15) is 9.59 Å². The van der Waals surface area contributed by atoms with E-state index in [0.29, 0.717) is 34.9 Å². The third-order valence-electron chi connectivity index (χ3n) is 9.31. The Balaban J connectivity index is 1.39. The molecule has 1 aliphatic carbocycles. The van der Waals surface area contributed by atoms with E-state index in [0.717, 1.165) is 66.7 Å². The molecule has 45 heavy (non-hydrogen) atoms. The lowest BCUT2D eigenvalue weighted by molar-refractivity contribution is -0.121. The fourth-order valence-electron chi connectivity index (χ4n) is 6.55. The zero-order chi connectivity index (χ0) is 32.1. The number of halogens is 1. The van der Waals surface area contributed by atoms with Crippen molar-refractivity contribution in [1.29, 1.82) is 0 Å². The molecule has 0 radical (unpaired) electrons. The number of nitrogens with one attached hydrogen (secondary N) is 1. The molecule has 240 valence electrons. The predicted octanol–water partition coefficient (Wildman–Crippen LogP) is 7.73. The van der Waals surface area contributed by atoms with Crippen LogP contribution in [0.5, 0.6) is 11.5 Å². The first-order chi connectivity index (χ1) is 21.7. The lowest BCUT2D eigenvalue weighted by Crippen LogP contribution is -2.41. The van der Waals surface area contributed by atoms with E-state index >= 15 is 0 Å². The van der Waals surface area contributed by atoms with Gasteiger partial charge in [-0.1, -0.05) is 37.6 Å². The average molecular weight is 632 g/mol. The van der Waals surface area contributed by atoms with E-state index in [4.69, 9.17) is 21.1 Å². The number of nitrogens with zero attached hydrogens (tertiary/aromatic N) is 2. The lowest BCUT2D eigenvalue weighted by atomic mass is 9.85. The Labute approximate surface area is 272 Å². The summed E-state index contributed by atoms with van der Waals surface area (Å²) in [6.07, 6.45) is 5.97. The molecule has 8 heteroatoms. The number of benzene rings is 3. The normalized spacial score (nSPS) is 20.3. The van der Waals surface area contributed by atoms with Crippen LogP contribution in [0.4, 0.5) is 11.4 Å². The molecule has 7 nitrogen and oxygen atoms in total. The molecule has 0 saturated heterocycles. The Kier molecular flexibility index (Phi) is 10.6. The van der Waals surface area contributed by atoms with Crippen molar-refractivity contribution >= 4 is 34.8 Å². The number of ether oxygens (including phenoxy) is 2. The molecule has 3 aromatic rings. The van der Waals surface area contributed by atoms with Crippen molar-refractivity contribution in [2.24, 2.45) is 5.92 Å². The summed E-state index contributed by atoms with van der Waals surface area (Å²) in [7, 11) is 3.76. The van der Waals surface area contributed by atoms with E-state index in [1.165, 1.54) is 0 Å². The van der Waals surface area contributed by atoms with Crippen LogP contribution in [0.15, 0.2) is 60.7 Å². The third kappa shape index (κ3) is 7.58. The van der Waals surface area contributed by atoms with Crippen LogP contribution in [-0.2, 0) is 16.0 Å². The highest BCUT2D eigenvalue weighted by atomic mass is 35.5. The molecule has 2 atom stereocenters. The Hall–Kier alpha value is -3.71. The average Bonchev–Trinajstić information content (AvgIpc) is 3.05. The fraction of sp³-hybridized carbons (Fsp3) is 0.459. The SMILES string of the molecule is CCC(=O)N[C@H]1CC[C@H](CN(C)c2ccc(N3C(=O)Cc4cc(OC)c(O[C@H](C)CC)cc4[C@H]3c3ccc(Cl)cc3)cc2)CC1. The van der Waals surface area contributed by atoms with Gasteiger partial charge in [0.2, 0.25) is 11.8 Å². The summed E-state index contributed by atoms with van der Waals surface area (Å²) in [5.41, 5.74) is 4.88. The molecule has 5 rings (SSSR count). The molecule has 2 aliphatic rings. The molecule has 1 N–H and O–H groups in total. The van der Waals surface area contributed by atoms with Gasteiger partial charge in [-0.2, -0.15) is 0 Å². The predicted molar refractivity (Wildman–Crippen MR) is 182 cm³/mol. The van der Waals surface area contributed by atoms with Crippen molar-refractivity contribution in [1.82, 2.24) is 5.32 Å². The summed E-state index contributed by atoms with van der Waals surface area (Å²) >= 11 is 6.28. The summed E-state index contributed by atoms with van der Waals surface area (Å²) in [5, 5.41) is 3.80. The van der Waals surface area contributed by atoms with Gasteiger partial charge in [0.25, 0.3) is 0 Å². The molecule has 1 heterocycles. The topological polar surface area (TPSA) is 71.1 Å². The van der Waals surface area contributed by atoms with Gasteiger partial charge in [0.05, 0.1) is 25.7 Å². The van der Waals surface area contributed by atoms with Crippen molar-refractivity contribution in [2.45, 2.75) is 83.9 Å². The maximum Gasteiger partial charge on any atom is 0.232 e. The molecule has 0 unspecified atom stereocenters. The summed E-state index contributed by atoms with van der Waals surface area (Å²) < 4.78 is 12.0. The van der Waals surface area contributed by atoms with Gasteiger partial charge in [0, 0.05) is 42.5 Å². The smallest absolute Gasteiger partial charge is 0.232 e. The summed E-state index contributed by atoms with van der Waals surface area (Å²) in [4.78, 5) is 29.9. The second kappa shape index (κ2) is 14.6.